The number of rotatable bonds is 2. The van der Waals surface area contributed by atoms with Crippen LogP contribution in [0.15, 0.2) is 59.0 Å². The van der Waals surface area contributed by atoms with Gasteiger partial charge in [-0.05, 0) is 36.4 Å². The van der Waals surface area contributed by atoms with Gasteiger partial charge in [0.2, 0.25) is 11.8 Å². The quantitative estimate of drug-likeness (QED) is 0.697. The summed E-state index contributed by atoms with van der Waals surface area (Å²) < 4.78 is 5.62. The highest BCUT2D eigenvalue weighted by Gasteiger charge is 2.09. The van der Waals surface area contributed by atoms with Gasteiger partial charge in [-0.2, -0.15) is 5.26 Å². The molecular weight excluding hydrogens is 238 g/mol. The molecule has 0 amide bonds. The van der Waals surface area contributed by atoms with Crippen molar-refractivity contribution in [2.75, 3.05) is 0 Å². The number of aromatic nitrogens is 2. The number of hydrogen-bond acceptors (Lipinski definition) is 4. The van der Waals surface area contributed by atoms with Crippen LogP contribution in [-0.2, 0) is 0 Å². The van der Waals surface area contributed by atoms with E-state index in [4.69, 9.17) is 9.68 Å². The lowest BCUT2D eigenvalue weighted by molar-refractivity contribution is 0.584. The van der Waals surface area contributed by atoms with E-state index in [1.54, 1.807) is 24.3 Å². The molecule has 2 aromatic carbocycles. The van der Waals surface area contributed by atoms with Gasteiger partial charge < -0.3 is 4.42 Å². The zero-order chi connectivity index (χ0) is 13.1. The summed E-state index contributed by atoms with van der Waals surface area (Å²) in [5.74, 6) is 0.934. The van der Waals surface area contributed by atoms with Crippen molar-refractivity contribution in [1.29, 1.82) is 5.26 Å². The van der Waals surface area contributed by atoms with Crippen molar-refractivity contribution in [3.8, 4) is 29.0 Å². The van der Waals surface area contributed by atoms with Crippen LogP contribution in [0.4, 0.5) is 0 Å². The Morgan fingerprint density at radius 2 is 1.37 bits per heavy atom. The van der Waals surface area contributed by atoms with E-state index in [1.165, 1.54) is 0 Å². The summed E-state index contributed by atoms with van der Waals surface area (Å²) >= 11 is 0. The van der Waals surface area contributed by atoms with Gasteiger partial charge in [-0.3, -0.25) is 0 Å². The molecule has 3 aromatic rings. The van der Waals surface area contributed by atoms with Crippen LogP contribution in [0.2, 0.25) is 0 Å². The average Bonchev–Trinajstić information content (AvgIpc) is 2.98. The van der Waals surface area contributed by atoms with E-state index in [9.17, 15) is 0 Å². The fraction of sp³-hybridized carbons (Fsp3) is 0. The third kappa shape index (κ3) is 2.22. The second-order valence-electron chi connectivity index (χ2n) is 3.97. The van der Waals surface area contributed by atoms with Gasteiger partial charge in [0, 0.05) is 11.1 Å². The minimum absolute atomic E-state index is 0.448. The molecule has 90 valence electrons. The molecule has 0 bridgehead atoms. The van der Waals surface area contributed by atoms with E-state index in [2.05, 4.69) is 16.3 Å². The smallest absolute Gasteiger partial charge is 0.248 e. The zero-order valence-corrected chi connectivity index (χ0v) is 9.95. The standard InChI is InChI=1S/C15H9N3O/c16-10-11-6-8-13(9-7-11)15-18-17-14(19-15)12-4-2-1-3-5-12/h1-9H. The van der Waals surface area contributed by atoms with Gasteiger partial charge in [0.15, 0.2) is 0 Å². The van der Waals surface area contributed by atoms with Crippen LogP contribution in [0.5, 0.6) is 0 Å². The lowest BCUT2D eigenvalue weighted by atomic mass is 10.1. The SMILES string of the molecule is N#Cc1ccc(-c2nnc(-c3ccccc3)o2)cc1. The van der Waals surface area contributed by atoms with E-state index in [0.717, 1.165) is 11.1 Å². The van der Waals surface area contributed by atoms with Gasteiger partial charge >= 0.3 is 0 Å². The maximum absolute atomic E-state index is 8.75. The maximum Gasteiger partial charge on any atom is 0.248 e. The first-order valence-corrected chi connectivity index (χ1v) is 5.76. The molecule has 0 aliphatic heterocycles. The fourth-order valence-electron chi connectivity index (χ4n) is 1.72. The summed E-state index contributed by atoms with van der Waals surface area (Å²) in [5, 5.41) is 16.8. The van der Waals surface area contributed by atoms with Crippen molar-refractivity contribution in [2.45, 2.75) is 0 Å². The third-order valence-corrected chi connectivity index (χ3v) is 2.71. The molecule has 0 radical (unpaired) electrons. The van der Waals surface area contributed by atoms with Crippen LogP contribution >= 0.6 is 0 Å². The Hall–Kier alpha value is -2.93. The molecule has 4 heteroatoms. The first-order valence-electron chi connectivity index (χ1n) is 5.76. The van der Waals surface area contributed by atoms with Crippen molar-refractivity contribution in [1.82, 2.24) is 10.2 Å². The van der Waals surface area contributed by atoms with E-state index in [-0.39, 0.29) is 0 Å². The summed E-state index contributed by atoms with van der Waals surface area (Å²) in [6.07, 6.45) is 0. The Morgan fingerprint density at radius 3 is 1.95 bits per heavy atom. The predicted octanol–water partition coefficient (Wildman–Crippen LogP) is 3.28. The van der Waals surface area contributed by atoms with Gasteiger partial charge in [0.25, 0.3) is 0 Å². The van der Waals surface area contributed by atoms with Crippen LogP contribution in [0.25, 0.3) is 22.9 Å². The first kappa shape index (κ1) is 11.2. The molecule has 0 saturated heterocycles. The van der Waals surface area contributed by atoms with Gasteiger partial charge in [0.1, 0.15) is 0 Å². The van der Waals surface area contributed by atoms with Crippen LogP contribution in [0.3, 0.4) is 0 Å². The molecule has 1 aromatic heterocycles. The molecule has 0 atom stereocenters. The highest BCUT2D eigenvalue weighted by atomic mass is 16.4. The van der Waals surface area contributed by atoms with E-state index < -0.39 is 0 Å². The second kappa shape index (κ2) is 4.75. The zero-order valence-electron chi connectivity index (χ0n) is 9.95. The normalized spacial score (nSPS) is 10.1. The van der Waals surface area contributed by atoms with Crippen molar-refractivity contribution in [3.05, 3.63) is 60.2 Å². The Morgan fingerprint density at radius 1 is 0.789 bits per heavy atom. The van der Waals surface area contributed by atoms with Gasteiger partial charge in [-0.25, -0.2) is 0 Å². The van der Waals surface area contributed by atoms with E-state index >= 15 is 0 Å². The summed E-state index contributed by atoms with van der Waals surface area (Å²) in [4.78, 5) is 0. The largest absolute Gasteiger partial charge is 0.416 e. The molecular formula is C15H9N3O. The highest BCUT2D eigenvalue weighted by molar-refractivity contribution is 5.58. The van der Waals surface area contributed by atoms with Gasteiger partial charge in [-0.15, -0.1) is 10.2 Å². The Bertz CT molecular complexity index is 724. The van der Waals surface area contributed by atoms with Crippen LogP contribution < -0.4 is 0 Å². The Balaban J connectivity index is 1.95. The Labute approximate surface area is 110 Å². The average molecular weight is 247 g/mol. The number of nitrogens with zero attached hydrogens (tertiary/aromatic N) is 3. The molecule has 0 aliphatic carbocycles. The molecule has 19 heavy (non-hydrogen) atoms. The molecule has 1 heterocycles. The summed E-state index contributed by atoms with van der Waals surface area (Å²) in [5.41, 5.74) is 2.29. The van der Waals surface area contributed by atoms with Crippen molar-refractivity contribution in [3.63, 3.8) is 0 Å². The van der Waals surface area contributed by atoms with Crippen LogP contribution in [-0.4, -0.2) is 10.2 Å². The van der Waals surface area contributed by atoms with E-state index in [0.29, 0.717) is 17.3 Å². The maximum atomic E-state index is 8.75. The van der Waals surface area contributed by atoms with Gasteiger partial charge in [0.05, 0.1) is 11.6 Å². The molecule has 3 rings (SSSR count). The van der Waals surface area contributed by atoms with Crippen molar-refractivity contribution >= 4 is 0 Å². The van der Waals surface area contributed by atoms with Crippen molar-refractivity contribution in [2.24, 2.45) is 0 Å². The minimum atomic E-state index is 0.448. The third-order valence-electron chi connectivity index (χ3n) is 2.71. The number of nitriles is 1. The van der Waals surface area contributed by atoms with Crippen LogP contribution in [0, 0.1) is 11.3 Å². The van der Waals surface area contributed by atoms with Crippen LogP contribution in [0.1, 0.15) is 5.56 Å². The molecule has 0 fully saturated rings. The first-order chi connectivity index (χ1) is 9.36. The lowest BCUT2D eigenvalue weighted by Gasteiger charge is -1.95. The molecule has 4 nitrogen and oxygen atoms in total. The lowest BCUT2D eigenvalue weighted by Crippen LogP contribution is -1.78. The molecule has 0 unspecified atom stereocenters. The monoisotopic (exact) mass is 247 g/mol. The van der Waals surface area contributed by atoms with Gasteiger partial charge in [-0.1, -0.05) is 18.2 Å². The Kier molecular flexibility index (Phi) is 2.79. The molecule has 0 spiro atoms. The molecule has 0 aliphatic rings. The topological polar surface area (TPSA) is 62.7 Å². The second-order valence-corrected chi connectivity index (χ2v) is 3.97. The summed E-state index contributed by atoms with van der Waals surface area (Å²) in [6, 6.07) is 18.7. The fourth-order valence-corrected chi connectivity index (χ4v) is 1.72. The molecule has 0 N–H and O–H groups in total. The van der Waals surface area contributed by atoms with Crippen molar-refractivity contribution < 1.29 is 4.42 Å². The predicted molar refractivity (Wildman–Crippen MR) is 69.9 cm³/mol. The van der Waals surface area contributed by atoms with E-state index in [1.807, 2.05) is 30.3 Å². The molecule has 0 saturated carbocycles. The summed E-state index contributed by atoms with van der Waals surface area (Å²) in [6.45, 7) is 0. The number of hydrogen-bond donors (Lipinski definition) is 0. The minimum Gasteiger partial charge on any atom is -0.416 e. The number of benzene rings is 2. The summed E-state index contributed by atoms with van der Waals surface area (Å²) in [7, 11) is 0. The highest BCUT2D eigenvalue weighted by Crippen LogP contribution is 2.23.